The average Bonchev–Trinajstić information content (AvgIpc) is 2.63. The van der Waals surface area contributed by atoms with Crippen molar-refractivity contribution in [2.24, 2.45) is 5.92 Å². The Hall–Kier alpha value is -1.60. The number of sulfonamides is 1. The highest BCUT2D eigenvalue weighted by Gasteiger charge is 2.25. The number of benzene rings is 1. The van der Waals surface area contributed by atoms with Gasteiger partial charge in [-0.1, -0.05) is 33.1 Å². The fourth-order valence-corrected chi connectivity index (χ4v) is 4.96. The second kappa shape index (κ2) is 8.86. The predicted octanol–water partition coefficient (Wildman–Crippen LogP) is 3.30. The lowest BCUT2D eigenvalue weighted by Crippen LogP contribution is -2.31. The minimum atomic E-state index is -3.56. The summed E-state index contributed by atoms with van der Waals surface area (Å²) in [5.41, 5.74) is 1.35. The topological polar surface area (TPSA) is 69.7 Å². The highest BCUT2D eigenvalue weighted by Crippen LogP contribution is 2.31. The van der Waals surface area contributed by atoms with E-state index in [1.165, 1.54) is 10.7 Å². The first-order valence-corrected chi connectivity index (χ1v) is 10.9. The smallest absolute Gasteiger partial charge is 0.243 e. The highest BCUT2D eigenvalue weighted by molar-refractivity contribution is 7.89. The molecule has 6 nitrogen and oxygen atoms in total. The Morgan fingerprint density at radius 1 is 1.12 bits per heavy atom. The van der Waals surface area contributed by atoms with E-state index >= 15 is 0 Å². The number of amides is 1. The van der Waals surface area contributed by atoms with Crippen LogP contribution in [-0.2, 0) is 14.8 Å². The van der Waals surface area contributed by atoms with Crippen LogP contribution >= 0.6 is 0 Å². The van der Waals surface area contributed by atoms with Crippen LogP contribution in [-0.4, -0.2) is 45.8 Å². The zero-order valence-electron chi connectivity index (χ0n) is 16.3. The monoisotopic (exact) mass is 381 g/mol. The van der Waals surface area contributed by atoms with Gasteiger partial charge in [0.1, 0.15) is 0 Å². The van der Waals surface area contributed by atoms with E-state index in [4.69, 9.17) is 0 Å². The van der Waals surface area contributed by atoms with Gasteiger partial charge in [0.15, 0.2) is 0 Å². The fraction of sp³-hybridized carbons (Fsp3) is 0.632. The number of hydrogen-bond acceptors (Lipinski definition) is 4. The molecule has 2 rings (SSSR count). The molecule has 0 bridgehead atoms. The normalized spacial score (nSPS) is 15.9. The van der Waals surface area contributed by atoms with Crippen molar-refractivity contribution in [1.29, 1.82) is 0 Å². The molecule has 0 unspecified atom stereocenters. The van der Waals surface area contributed by atoms with Crippen molar-refractivity contribution in [2.45, 2.75) is 50.8 Å². The molecule has 7 heteroatoms. The summed E-state index contributed by atoms with van der Waals surface area (Å²) in [4.78, 5) is 14.8. The first-order chi connectivity index (χ1) is 12.3. The van der Waals surface area contributed by atoms with Crippen LogP contribution in [0.25, 0.3) is 0 Å². The van der Waals surface area contributed by atoms with Gasteiger partial charge in [-0.15, -0.1) is 0 Å². The van der Waals surface area contributed by atoms with Crippen LogP contribution in [0.2, 0.25) is 0 Å². The largest absolute Gasteiger partial charge is 0.376 e. The second-order valence-corrected chi connectivity index (χ2v) is 8.92. The van der Waals surface area contributed by atoms with Crippen molar-refractivity contribution in [1.82, 2.24) is 4.31 Å². The molecule has 0 spiro atoms. The van der Waals surface area contributed by atoms with E-state index in [1.807, 2.05) is 32.8 Å². The van der Waals surface area contributed by atoms with Crippen molar-refractivity contribution < 1.29 is 13.2 Å². The molecule has 0 atom stereocenters. The molecule has 1 aromatic carbocycles. The van der Waals surface area contributed by atoms with E-state index in [1.54, 1.807) is 18.2 Å². The van der Waals surface area contributed by atoms with Crippen LogP contribution in [0.3, 0.4) is 0 Å². The molecule has 0 aromatic heterocycles. The molecule has 0 radical (unpaired) electrons. The summed E-state index contributed by atoms with van der Waals surface area (Å²) in [6.45, 7) is 4.47. The second-order valence-electron chi connectivity index (χ2n) is 6.99. The van der Waals surface area contributed by atoms with Gasteiger partial charge in [0.25, 0.3) is 0 Å². The Morgan fingerprint density at radius 3 is 2.27 bits per heavy atom. The molecular weight excluding hydrogens is 350 g/mol. The van der Waals surface area contributed by atoms with Gasteiger partial charge in [-0.2, -0.15) is 4.31 Å². The molecule has 1 saturated carbocycles. The molecule has 146 valence electrons. The van der Waals surface area contributed by atoms with Gasteiger partial charge in [0.05, 0.1) is 16.3 Å². The van der Waals surface area contributed by atoms with Crippen LogP contribution in [0.15, 0.2) is 23.1 Å². The van der Waals surface area contributed by atoms with Gasteiger partial charge in [-0.3, -0.25) is 4.79 Å². The number of anilines is 2. The number of carbonyl (C=O) groups excluding carboxylic acids is 1. The number of carbonyl (C=O) groups is 1. The van der Waals surface area contributed by atoms with Crippen LogP contribution in [0.4, 0.5) is 11.4 Å². The van der Waals surface area contributed by atoms with Crippen molar-refractivity contribution in [3.8, 4) is 0 Å². The van der Waals surface area contributed by atoms with Gasteiger partial charge >= 0.3 is 0 Å². The number of nitrogens with one attached hydrogen (secondary N) is 1. The quantitative estimate of drug-likeness (QED) is 0.787. The third-order valence-electron chi connectivity index (χ3n) is 5.03. The minimum absolute atomic E-state index is 0.00909. The van der Waals surface area contributed by atoms with Gasteiger partial charge in [0.2, 0.25) is 15.9 Å². The lowest BCUT2D eigenvalue weighted by atomic mass is 9.88. The molecule has 1 amide bonds. The van der Waals surface area contributed by atoms with E-state index in [2.05, 4.69) is 5.32 Å². The van der Waals surface area contributed by atoms with Gasteiger partial charge in [-0.05, 0) is 31.0 Å². The van der Waals surface area contributed by atoms with Crippen LogP contribution in [0, 0.1) is 5.92 Å². The van der Waals surface area contributed by atoms with E-state index < -0.39 is 10.0 Å². The highest BCUT2D eigenvalue weighted by atomic mass is 32.2. The van der Waals surface area contributed by atoms with Crippen molar-refractivity contribution in [3.63, 3.8) is 0 Å². The lowest BCUT2D eigenvalue weighted by Gasteiger charge is -2.24. The summed E-state index contributed by atoms with van der Waals surface area (Å²) in [5.74, 6) is 0.00648. The maximum Gasteiger partial charge on any atom is 0.243 e. The SMILES string of the molecule is CCN(CC)S(=O)(=O)c1ccc(N(C)C)c(NC(=O)C2CCCCC2)c1. The molecule has 1 fully saturated rings. The summed E-state index contributed by atoms with van der Waals surface area (Å²) in [6, 6.07) is 4.95. The molecule has 0 aliphatic heterocycles. The van der Waals surface area contributed by atoms with E-state index in [9.17, 15) is 13.2 Å². The maximum absolute atomic E-state index is 12.8. The lowest BCUT2D eigenvalue weighted by molar-refractivity contribution is -0.120. The molecule has 1 N–H and O–H groups in total. The van der Waals surface area contributed by atoms with Crippen LogP contribution in [0.5, 0.6) is 0 Å². The molecule has 0 saturated heterocycles. The molecule has 1 aliphatic carbocycles. The average molecular weight is 382 g/mol. The van der Waals surface area contributed by atoms with Crippen molar-refractivity contribution in [3.05, 3.63) is 18.2 Å². The Kier molecular flexibility index (Phi) is 7.06. The van der Waals surface area contributed by atoms with Crippen LogP contribution in [0.1, 0.15) is 46.0 Å². The number of rotatable bonds is 7. The molecule has 1 aliphatic rings. The first-order valence-electron chi connectivity index (χ1n) is 9.43. The fourth-order valence-electron chi connectivity index (χ4n) is 3.48. The molecule has 0 heterocycles. The summed E-state index contributed by atoms with van der Waals surface area (Å²) in [5, 5.41) is 2.99. The van der Waals surface area contributed by atoms with Gasteiger partial charge < -0.3 is 10.2 Å². The molecule has 26 heavy (non-hydrogen) atoms. The van der Waals surface area contributed by atoms with Gasteiger partial charge in [-0.25, -0.2) is 8.42 Å². The zero-order chi connectivity index (χ0) is 19.3. The number of nitrogens with zero attached hydrogens (tertiary/aromatic N) is 2. The van der Waals surface area contributed by atoms with Gasteiger partial charge in [0, 0.05) is 33.1 Å². The third-order valence-corrected chi connectivity index (χ3v) is 7.07. The Labute approximate surface area is 157 Å². The zero-order valence-corrected chi connectivity index (χ0v) is 17.1. The summed E-state index contributed by atoms with van der Waals surface area (Å²) in [7, 11) is 0.195. The van der Waals surface area contributed by atoms with E-state index in [-0.39, 0.29) is 16.7 Å². The first kappa shape index (κ1) is 20.7. The molecule has 1 aromatic rings. The Bertz CT molecular complexity index is 722. The van der Waals surface area contributed by atoms with Crippen molar-refractivity contribution in [2.75, 3.05) is 37.4 Å². The third kappa shape index (κ3) is 4.57. The summed E-state index contributed by atoms with van der Waals surface area (Å²) in [6.07, 6.45) is 5.15. The van der Waals surface area contributed by atoms with Crippen LogP contribution < -0.4 is 10.2 Å². The summed E-state index contributed by atoms with van der Waals surface area (Å²) >= 11 is 0. The van der Waals surface area contributed by atoms with Crippen molar-refractivity contribution >= 4 is 27.3 Å². The van der Waals surface area contributed by atoms with E-state index in [0.717, 1.165) is 31.4 Å². The van der Waals surface area contributed by atoms with E-state index in [0.29, 0.717) is 18.8 Å². The molecular formula is C19H31N3O3S. The minimum Gasteiger partial charge on any atom is -0.376 e. The Morgan fingerprint density at radius 2 is 1.73 bits per heavy atom. The Balaban J connectivity index is 2.35. The predicted molar refractivity (Wildman–Crippen MR) is 106 cm³/mol. The standard InChI is InChI=1S/C19H31N3O3S/c1-5-22(6-2)26(24,25)16-12-13-18(21(3)4)17(14-16)20-19(23)15-10-8-7-9-11-15/h12-15H,5-11H2,1-4H3,(H,20,23). The number of hydrogen-bond donors (Lipinski definition) is 1. The maximum atomic E-state index is 12.8. The summed E-state index contributed by atoms with van der Waals surface area (Å²) < 4.78 is 27.1.